The molecular weight excluding hydrogens is 402 g/mol. The summed E-state index contributed by atoms with van der Waals surface area (Å²) in [6.07, 6.45) is 0.915. The minimum Gasteiger partial charge on any atom is -0.375 e. The van der Waals surface area contributed by atoms with Crippen molar-refractivity contribution >= 4 is 55.0 Å². The Morgan fingerprint density at radius 3 is 2.43 bits per heavy atom. The molecule has 0 spiro atoms. The molecule has 0 saturated heterocycles. The van der Waals surface area contributed by atoms with Gasteiger partial charge in [-0.15, -0.1) is 0 Å². The highest BCUT2D eigenvalue weighted by Gasteiger charge is 2.20. The van der Waals surface area contributed by atoms with Crippen LogP contribution in [0.4, 0.5) is 5.69 Å². The Labute approximate surface area is 167 Å². The van der Waals surface area contributed by atoms with Gasteiger partial charge in [-0.05, 0) is 36.8 Å². The van der Waals surface area contributed by atoms with Crippen LogP contribution in [0.1, 0.15) is 5.56 Å². The topological polar surface area (TPSA) is 88.5 Å². The molecule has 0 aliphatic carbocycles. The van der Waals surface area contributed by atoms with Crippen LogP contribution in [0.3, 0.4) is 0 Å². The maximum atomic E-state index is 13.1. The number of rotatable bonds is 4. The third-order valence-electron chi connectivity index (χ3n) is 4.35. The first kappa shape index (κ1) is 20.2. The first-order chi connectivity index (χ1) is 13.0. The quantitative estimate of drug-likeness (QED) is 0.653. The number of pyridine rings is 1. The van der Waals surface area contributed by atoms with Crippen LogP contribution in [0.15, 0.2) is 35.1 Å². The van der Waals surface area contributed by atoms with Gasteiger partial charge in [-0.3, -0.25) is 14.3 Å². The second-order valence-electron chi connectivity index (χ2n) is 6.92. The van der Waals surface area contributed by atoms with Gasteiger partial charge in [0.05, 0.1) is 28.0 Å². The molecule has 7 nitrogen and oxygen atoms in total. The molecule has 0 aliphatic rings. The normalized spacial score (nSPS) is 11.8. The summed E-state index contributed by atoms with van der Waals surface area (Å²) in [5.41, 5.74) is 2.31. The van der Waals surface area contributed by atoms with Crippen LogP contribution in [-0.2, 0) is 21.4 Å². The summed E-state index contributed by atoms with van der Waals surface area (Å²) >= 11 is 6.39. The van der Waals surface area contributed by atoms with E-state index in [0.717, 1.165) is 11.8 Å². The van der Waals surface area contributed by atoms with E-state index >= 15 is 0 Å². The largest absolute Gasteiger partial charge is 0.375 e. The molecule has 0 radical (unpaired) electrons. The molecule has 3 aromatic rings. The number of anilines is 1. The van der Waals surface area contributed by atoms with Gasteiger partial charge in [-0.1, -0.05) is 17.7 Å². The molecule has 0 unspecified atom stereocenters. The summed E-state index contributed by atoms with van der Waals surface area (Å²) in [6.45, 7) is 1.59. The number of nitrogens with zero attached hydrogens (tertiary/aromatic N) is 2. The number of halogens is 1. The molecule has 0 aliphatic heterocycles. The molecule has 1 N–H and O–H groups in total. The fourth-order valence-corrected chi connectivity index (χ4v) is 4.11. The van der Waals surface area contributed by atoms with Gasteiger partial charge in [0.2, 0.25) is 10.0 Å². The Balaban J connectivity index is 2.47. The van der Waals surface area contributed by atoms with Crippen LogP contribution in [0, 0.1) is 6.92 Å². The van der Waals surface area contributed by atoms with E-state index in [9.17, 15) is 18.0 Å². The number of aryl methyl sites for hydroxylation is 1. The smallest absolute Gasteiger partial charge is 0.253 e. The van der Waals surface area contributed by atoms with E-state index in [1.54, 1.807) is 47.8 Å². The Bertz CT molecular complexity index is 1280. The second-order valence-corrected chi connectivity index (χ2v) is 9.08. The van der Waals surface area contributed by atoms with E-state index in [4.69, 9.17) is 11.6 Å². The maximum absolute atomic E-state index is 13.1. The van der Waals surface area contributed by atoms with Crippen molar-refractivity contribution < 1.29 is 13.2 Å². The lowest BCUT2D eigenvalue weighted by molar-refractivity contribution is -0.119. The van der Waals surface area contributed by atoms with Crippen molar-refractivity contribution in [3.05, 3.63) is 51.1 Å². The van der Waals surface area contributed by atoms with Gasteiger partial charge in [-0.25, -0.2) is 8.42 Å². The van der Waals surface area contributed by atoms with Gasteiger partial charge >= 0.3 is 0 Å². The molecule has 148 valence electrons. The molecule has 28 heavy (non-hydrogen) atoms. The summed E-state index contributed by atoms with van der Waals surface area (Å²) in [5.74, 6) is -0.708. The Morgan fingerprint density at radius 1 is 1.18 bits per heavy atom. The van der Waals surface area contributed by atoms with Crippen molar-refractivity contribution in [2.24, 2.45) is 0 Å². The van der Waals surface area contributed by atoms with Crippen LogP contribution < -0.4 is 15.1 Å². The van der Waals surface area contributed by atoms with E-state index in [1.807, 2.05) is 17.7 Å². The second kappa shape index (κ2) is 7.10. The predicted molar refractivity (Wildman–Crippen MR) is 113 cm³/mol. The Morgan fingerprint density at radius 2 is 1.82 bits per heavy atom. The highest BCUT2D eigenvalue weighted by molar-refractivity contribution is 7.89. The molecule has 0 bridgehead atoms. The zero-order chi connectivity index (χ0) is 20.8. The van der Waals surface area contributed by atoms with Gasteiger partial charge in [0, 0.05) is 24.9 Å². The summed E-state index contributed by atoms with van der Waals surface area (Å²) in [4.78, 5) is 27.3. The number of hydrogen-bond donors (Lipinski definition) is 1. The summed E-state index contributed by atoms with van der Waals surface area (Å²) in [7, 11) is -0.144. The van der Waals surface area contributed by atoms with E-state index < -0.39 is 15.9 Å². The van der Waals surface area contributed by atoms with Gasteiger partial charge in [0.1, 0.15) is 6.54 Å². The fourth-order valence-electron chi connectivity index (χ4n) is 3.31. The number of hydrogen-bond acceptors (Lipinski definition) is 5. The lowest BCUT2D eigenvalue weighted by atomic mass is 10.1. The first-order valence-electron chi connectivity index (χ1n) is 8.43. The van der Waals surface area contributed by atoms with Crippen LogP contribution in [0.25, 0.3) is 21.8 Å². The fraction of sp³-hybridized carbons (Fsp3) is 0.263. The zero-order valence-electron chi connectivity index (χ0n) is 15.9. The first-order valence-corrected chi connectivity index (χ1v) is 10.7. The number of fused-ring (bicyclic) bond motifs is 2. The molecule has 0 saturated carbocycles. The minimum absolute atomic E-state index is 0.176. The average molecular weight is 422 g/mol. The van der Waals surface area contributed by atoms with Crippen molar-refractivity contribution in [1.82, 2.24) is 9.29 Å². The van der Waals surface area contributed by atoms with Crippen LogP contribution >= 0.6 is 11.6 Å². The summed E-state index contributed by atoms with van der Waals surface area (Å²) < 4.78 is 26.6. The number of carbonyl (C=O) groups is 1. The van der Waals surface area contributed by atoms with Crippen molar-refractivity contribution in [3.63, 3.8) is 0 Å². The standard InChI is InChI=1S/C19H20ClN3O4S/c1-11-5-6-12-15(9-11)23(10-16(24)21-28(4,26)27)17-13(19(12)25)7-8-14(20)18(17)22(2)3/h5-9H,10H2,1-4H3,(H,21,24). The molecule has 3 rings (SSSR count). The van der Waals surface area contributed by atoms with Crippen molar-refractivity contribution in [2.45, 2.75) is 13.5 Å². The lowest BCUT2D eigenvalue weighted by Gasteiger charge is -2.22. The van der Waals surface area contributed by atoms with Crippen LogP contribution in [0.2, 0.25) is 5.02 Å². The highest BCUT2D eigenvalue weighted by atomic mass is 35.5. The number of nitrogens with one attached hydrogen (secondary N) is 1. The van der Waals surface area contributed by atoms with Gasteiger partial charge in [0.15, 0.2) is 5.43 Å². The van der Waals surface area contributed by atoms with E-state index in [1.165, 1.54) is 0 Å². The maximum Gasteiger partial charge on any atom is 0.253 e. The van der Waals surface area contributed by atoms with Crippen molar-refractivity contribution in [1.29, 1.82) is 0 Å². The summed E-state index contributed by atoms with van der Waals surface area (Å²) in [6, 6.07) is 8.59. The monoisotopic (exact) mass is 421 g/mol. The number of benzene rings is 2. The highest BCUT2D eigenvalue weighted by Crippen LogP contribution is 2.34. The van der Waals surface area contributed by atoms with Gasteiger partial charge in [0.25, 0.3) is 5.91 Å². The third kappa shape index (κ3) is 3.70. The third-order valence-corrected chi connectivity index (χ3v) is 5.26. The van der Waals surface area contributed by atoms with Gasteiger partial charge < -0.3 is 9.47 Å². The lowest BCUT2D eigenvalue weighted by Crippen LogP contribution is -2.33. The zero-order valence-corrected chi connectivity index (χ0v) is 17.5. The molecule has 9 heteroatoms. The molecule has 1 aromatic heterocycles. The molecular formula is C19H20ClN3O4S. The number of carbonyl (C=O) groups excluding carboxylic acids is 1. The van der Waals surface area contributed by atoms with E-state index in [2.05, 4.69) is 0 Å². The van der Waals surface area contributed by atoms with E-state index in [0.29, 0.717) is 32.5 Å². The average Bonchev–Trinajstić information content (AvgIpc) is 2.56. The molecule has 0 atom stereocenters. The molecule has 2 aromatic carbocycles. The molecule has 1 amide bonds. The molecule has 0 fully saturated rings. The Kier molecular flexibility index (Phi) is 5.12. The van der Waals surface area contributed by atoms with Crippen LogP contribution in [-0.4, -0.2) is 39.2 Å². The number of amides is 1. The summed E-state index contributed by atoms with van der Waals surface area (Å²) in [5, 5.41) is 1.26. The Hall–Kier alpha value is -2.58. The van der Waals surface area contributed by atoms with E-state index in [-0.39, 0.29) is 12.0 Å². The van der Waals surface area contributed by atoms with Crippen molar-refractivity contribution in [2.75, 3.05) is 25.3 Å². The minimum atomic E-state index is -3.71. The predicted octanol–water partition coefficient (Wildman–Crippen LogP) is 2.26. The SMILES string of the molecule is Cc1ccc2c(=O)c3ccc(Cl)c(N(C)C)c3n(CC(=O)NS(C)(=O)=O)c2c1. The number of sulfonamides is 1. The number of aromatic nitrogens is 1. The molecule has 1 heterocycles. The van der Waals surface area contributed by atoms with Crippen molar-refractivity contribution in [3.8, 4) is 0 Å². The van der Waals surface area contributed by atoms with Crippen LogP contribution in [0.5, 0.6) is 0 Å². The van der Waals surface area contributed by atoms with Gasteiger partial charge in [-0.2, -0.15) is 0 Å².